The molecule has 1 rings (SSSR count). The Morgan fingerprint density at radius 3 is 1.95 bits per heavy atom. The maximum atomic E-state index is 11.7. The smallest absolute Gasteiger partial charge is 0.338 e. The fourth-order valence-corrected chi connectivity index (χ4v) is 4.28. The minimum atomic E-state index is -1.24. The highest BCUT2D eigenvalue weighted by Gasteiger charge is 2.25. The van der Waals surface area contributed by atoms with Crippen molar-refractivity contribution in [2.75, 3.05) is 24.4 Å². The highest BCUT2D eigenvalue weighted by molar-refractivity contribution is 9.12. The van der Waals surface area contributed by atoms with Crippen LogP contribution in [0.15, 0.2) is 13.4 Å². The monoisotopic (exact) mass is 500 g/mol. The van der Waals surface area contributed by atoms with Gasteiger partial charge in [-0.3, -0.25) is 9.59 Å². The van der Waals surface area contributed by atoms with Crippen LogP contribution in [0.4, 0.5) is 11.4 Å². The lowest BCUT2D eigenvalue weighted by molar-refractivity contribution is -0.119. The number of benzene rings is 1. The zero-order valence-electron chi connectivity index (χ0n) is 11.4. The SMILES string of the molecule is COCC(=O)Nc1c(Br)c(NC(C)=O)c(Br)c(C(=O)O)c1Br. The molecule has 22 heavy (non-hydrogen) atoms. The number of amides is 2. The van der Waals surface area contributed by atoms with Crippen LogP contribution in [0.2, 0.25) is 0 Å². The van der Waals surface area contributed by atoms with Crippen molar-refractivity contribution >= 4 is 76.9 Å². The van der Waals surface area contributed by atoms with Crippen LogP contribution in [0.1, 0.15) is 17.3 Å². The van der Waals surface area contributed by atoms with Gasteiger partial charge in [0, 0.05) is 14.0 Å². The molecular formula is C12H11Br3N2O5. The molecule has 0 fully saturated rings. The molecule has 120 valence electrons. The van der Waals surface area contributed by atoms with E-state index in [2.05, 4.69) is 58.4 Å². The Kier molecular flexibility index (Phi) is 6.98. The lowest BCUT2D eigenvalue weighted by atomic mass is 10.1. The third-order valence-corrected chi connectivity index (χ3v) is 4.75. The Hall–Kier alpha value is -0.970. The molecule has 0 aliphatic carbocycles. The predicted octanol–water partition coefficient (Wildman–Crippen LogP) is 3.22. The van der Waals surface area contributed by atoms with Gasteiger partial charge in [-0.05, 0) is 47.8 Å². The number of carbonyl (C=O) groups is 3. The van der Waals surface area contributed by atoms with Crippen molar-refractivity contribution in [3.63, 3.8) is 0 Å². The average molecular weight is 503 g/mol. The molecule has 10 heteroatoms. The number of carbonyl (C=O) groups excluding carboxylic acids is 2. The van der Waals surface area contributed by atoms with E-state index >= 15 is 0 Å². The maximum Gasteiger partial charge on any atom is 0.338 e. The molecule has 0 unspecified atom stereocenters. The van der Waals surface area contributed by atoms with Crippen molar-refractivity contribution < 1.29 is 24.2 Å². The van der Waals surface area contributed by atoms with Crippen molar-refractivity contribution in [2.45, 2.75) is 6.92 Å². The first kappa shape index (κ1) is 19.1. The van der Waals surface area contributed by atoms with Gasteiger partial charge in [0.15, 0.2) is 0 Å². The molecule has 0 saturated heterocycles. The molecule has 3 N–H and O–H groups in total. The first-order chi connectivity index (χ1) is 10.2. The lowest BCUT2D eigenvalue weighted by Crippen LogP contribution is -2.19. The van der Waals surface area contributed by atoms with E-state index in [0.717, 1.165) is 0 Å². The zero-order valence-corrected chi connectivity index (χ0v) is 16.2. The molecule has 0 atom stereocenters. The molecule has 1 aromatic carbocycles. The molecule has 7 nitrogen and oxygen atoms in total. The van der Waals surface area contributed by atoms with Crippen LogP contribution in [0.25, 0.3) is 0 Å². The summed E-state index contributed by atoms with van der Waals surface area (Å²) in [6.45, 7) is 1.08. The number of anilines is 2. The van der Waals surface area contributed by atoms with Crippen LogP contribution < -0.4 is 10.6 Å². The third-order valence-electron chi connectivity index (χ3n) is 2.37. The van der Waals surface area contributed by atoms with Gasteiger partial charge < -0.3 is 20.5 Å². The van der Waals surface area contributed by atoms with Gasteiger partial charge >= 0.3 is 5.97 Å². The molecule has 1 aromatic rings. The number of carboxylic acid groups (broad SMARTS) is 1. The number of methoxy groups -OCH3 is 1. The van der Waals surface area contributed by atoms with Crippen molar-refractivity contribution in [2.24, 2.45) is 0 Å². The minimum Gasteiger partial charge on any atom is -0.478 e. The molecule has 2 amide bonds. The highest BCUT2D eigenvalue weighted by Crippen LogP contribution is 2.45. The number of nitrogens with one attached hydrogen (secondary N) is 2. The molecule has 0 aliphatic heterocycles. The number of carboxylic acids is 1. The van der Waals surface area contributed by atoms with E-state index < -0.39 is 17.8 Å². The van der Waals surface area contributed by atoms with Crippen LogP contribution in [0.3, 0.4) is 0 Å². The summed E-state index contributed by atoms with van der Waals surface area (Å²) in [5.41, 5.74) is 0.229. The number of aromatic carboxylic acids is 1. The van der Waals surface area contributed by atoms with E-state index in [9.17, 15) is 19.5 Å². The maximum absolute atomic E-state index is 11.7. The number of hydrogen-bond acceptors (Lipinski definition) is 4. The van der Waals surface area contributed by atoms with Crippen molar-refractivity contribution in [1.29, 1.82) is 0 Å². The fourth-order valence-electron chi connectivity index (χ4n) is 1.55. The van der Waals surface area contributed by atoms with Crippen LogP contribution in [0, 0.1) is 0 Å². The molecule has 0 radical (unpaired) electrons. The predicted molar refractivity (Wildman–Crippen MR) is 91.3 cm³/mol. The van der Waals surface area contributed by atoms with E-state index in [-0.39, 0.29) is 32.5 Å². The molecule has 0 aliphatic rings. The van der Waals surface area contributed by atoms with Gasteiger partial charge in [0.25, 0.3) is 0 Å². The van der Waals surface area contributed by atoms with Crippen molar-refractivity contribution in [1.82, 2.24) is 0 Å². The summed E-state index contributed by atoms with van der Waals surface area (Å²) in [7, 11) is 1.36. The van der Waals surface area contributed by atoms with Crippen molar-refractivity contribution in [3.05, 3.63) is 19.0 Å². The van der Waals surface area contributed by atoms with Crippen LogP contribution in [-0.2, 0) is 14.3 Å². The fraction of sp³-hybridized carbons (Fsp3) is 0.250. The van der Waals surface area contributed by atoms with Crippen LogP contribution in [-0.4, -0.2) is 36.6 Å². The second-order valence-corrected chi connectivity index (χ2v) is 6.41. The van der Waals surface area contributed by atoms with Crippen LogP contribution in [0.5, 0.6) is 0 Å². The molecule has 0 saturated carbocycles. The van der Waals surface area contributed by atoms with Gasteiger partial charge in [0.1, 0.15) is 6.61 Å². The van der Waals surface area contributed by atoms with Gasteiger partial charge in [0.05, 0.1) is 30.4 Å². The number of halogens is 3. The average Bonchev–Trinajstić information content (AvgIpc) is 2.39. The summed E-state index contributed by atoms with van der Waals surface area (Å²) in [5.74, 6) is -2.11. The van der Waals surface area contributed by atoms with E-state index in [0.29, 0.717) is 4.47 Å². The van der Waals surface area contributed by atoms with Crippen LogP contribution >= 0.6 is 47.8 Å². The number of ether oxygens (including phenoxy) is 1. The summed E-state index contributed by atoms with van der Waals surface area (Å²) >= 11 is 9.56. The normalized spacial score (nSPS) is 10.2. The summed E-state index contributed by atoms with van der Waals surface area (Å²) in [6, 6.07) is 0. The number of rotatable bonds is 5. The van der Waals surface area contributed by atoms with Gasteiger partial charge in [0.2, 0.25) is 11.8 Å². The highest BCUT2D eigenvalue weighted by atomic mass is 79.9. The Morgan fingerprint density at radius 1 is 1.05 bits per heavy atom. The topological polar surface area (TPSA) is 105 Å². The lowest BCUT2D eigenvalue weighted by Gasteiger charge is -2.18. The Bertz CT molecular complexity index is 648. The van der Waals surface area contributed by atoms with Gasteiger partial charge in [-0.25, -0.2) is 4.79 Å². The van der Waals surface area contributed by atoms with Gasteiger partial charge in [-0.2, -0.15) is 0 Å². The zero-order chi connectivity index (χ0) is 17.0. The third kappa shape index (κ3) is 4.28. The molecule has 0 aromatic heterocycles. The van der Waals surface area contributed by atoms with E-state index in [4.69, 9.17) is 4.74 Å². The minimum absolute atomic E-state index is 0.139. The summed E-state index contributed by atoms with van der Waals surface area (Å²) in [4.78, 5) is 34.4. The standard InChI is InChI=1S/C12H11Br3N2O5/c1-4(18)16-10-7(13)6(12(20)21)8(14)11(9(10)15)17-5(19)3-22-2/h3H2,1-2H3,(H,16,18)(H,17,19)(H,20,21). The van der Waals surface area contributed by atoms with E-state index in [1.54, 1.807) is 0 Å². The second kappa shape index (κ2) is 8.04. The Morgan fingerprint density at radius 2 is 1.55 bits per heavy atom. The molecule has 0 bridgehead atoms. The quantitative estimate of drug-likeness (QED) is 0.573. The summed E-state index contributed by atoms with van der Waals surface area (Å²) in [6.07, 6.45) is 0. The second-order valence-electron chi connectivity index (χ2n) is 4.03. The van der Waals surface area contributed by atoms with E-state index in [1.807, 2.05) is 0 Å². The molecule has 0 spiro atoms. The number of hydrogen-bond donors (Lipinski definition) is 3. The molecule has 0 heterocycles. The summed E-state index contributed by atoms with van der Waals surface area (Å²) in [5, 5.41) is 14.4. The van der Waals surface area contributed by atoms with Gasteiger partial charge in [-0.1, -0.05) is 0 Å². The molecular weight excluding hydrogens is 492 g/mol. The summed E-state index contributed by atoms with van der Waals surface area (Å²) < 4.78 is 5.35. The first-order valence-electron chi connectivity index (χ1n) is 5.70. The first-order valence-corrected chi connectivity index (χ1v) is 8.08. The van der Waals surface area contributed by atoms with Gasteiger partial charge in [-0.15, -0.1) is 0 Å². The Labute approximate surface area is 151 Å². The van der Waals surface area contributed by atoms with E-state index in [1.165, 1.54) is 14.0 Å². The Balaban J connectivity index is 3.54. The largest absolute Gasteiger partial charge is 0.478 e. The van der Waals surface area contributed by atoms with Crippen molar-refractivity contribution in [3.8, 4) is 0 Å².